The maximum absolute atomic E-state index is 12.7. The number of amides is 1. The van der Waals surface area contributed by atoms with Crippen LogP contribution in [-0.4, -0.2) is 12.5 Å². The van der Waals surface area contributed by atoms with Crippen molar-refractivity contribution < 1.29 is 22.7 Å². The summed E-state index contributed by atoms with van der Waals surface area (Å²) in [5.41, 5.74) is -0.419. The van der Waals surface area contributed by atoms with Crippen LogP contribution in [0, 0.1) is 0 Å². The molecule has 0 saturated heterocycles. The maximum Gasteiger partial charge on any atom is 0.416 e. The highest BCUT2D eigenvalue weighted by atomic mass is 79.9. The van der Waals surface area contributed by atoms with Gasteiger partial charge >= 0.3 is 6.18 Å². The molecule has 2 aromatic carbocycles. The summed E-state index contributed by atoms with van der Waals surface area (Å²) < 4.78 is 44.4. The average molecular weight is 416 g/mol. The summed E-state index contributed by atoms with van der Waals surface area (Å²) in [6, 6.07) is 9.30. The second-order valence-electron chi connectivity index (χ2n) is 5.38. The number of nitrogens with one attached hydrogen (secondary N) is 1. The Morgan fingerprint density at radius 2 is 1.96 bits per heavy atom. The second kappa shape index (κ2) is 8.38. The van der Waals surface area contributed by atoms with E-state index in [4.69, 9.17) is 4.74 Å². The van der Waals surface area contributed by atoms with Crippen molar-refractivity contribution in [2.24, 2.45) is 0 Å². The summed E-state index contributed by atoms with van der Waals surface area (Å²) in [5.74, 6) is 0.115. The molecule has 0 aliphatic carbocycles. The lowest BCUT2D eigenvalue weighted by atomic mass is 10.1. The highest BCUT2D eigenvalue weighted by Crippen LogP contribution is 2.31. The first-order valence-corrected chi connectivity index (χ1v) is 8.51. The molecule has 3 nitrogen and oxygen atoms in total. The zero-order chi connectivity index (χ0) is 18.4. The van der Waals surface area contributed by atoms with Crippen LogP contribution in [0.1, 0.15) is 35.7 Å². The number of alkyl halides is 3. The van der Waals surface area contributed by atoms with Crippen LogP contribution in [0.5, 0.6) is 5.75 Å². The van der Waals surface area contributed by atoms with Crippen molar-refractivity contribution in [1.82, 2.24) is 0 Å². The number of benzene rings is 2. The molecule has 1 N–H and O–H groups in total. The van der Waals surface area contributed by atoms with E-state index in [1.807, 2.05) is 0 Å². The Morgan fingerprint density at radius 3 is 2.60 bits per heavy atom. The summed E-state index contributed by atoms with van der Waals surface area (Å²) in [6.45, 7) is 2.63. The van der Waals surface area contributed by atoms with E-state index in [9.17, 15) is 18.0 Å². The van der Waals surface area contributed by atoms with Crippen molar-refractivity contribution in [1.29, 1.82) is 0 Å². The normalized spacial score (nSPS) is 11.2. The van der Waals surface area contributed by atoms with Gasteiger partial charge < -0.3 is 10.1 Å². The molecule has 0 atom stereocenters. The fourth-order valence-electron chi connectivity index (χ4n) is 2.06. The lowest BCUT2D eigenvalue weighted by molar-refractivity contribution is -0.137. The van der Waals surface area contributed by atoms with Crippen molar-refractivity contribution in [2.75, 3.05) is 11.9 Å². The molecular formula is C18H17BrF3NO2. The lowest BCUT2D eigenvalue weighted by Gasteiger charge is -2.11. The number of anilines is 1. The van der Waals surface area contributed by atoms with Crippen LogP contribution in [0.4, 0.5) is 18.9 Å². The molecule has 134 valence electrons. The monoisotopic (exact) mass is 415 g/mol. The van der Waals surface area contributed by atoms with Gasteiger partial charge in [0.15, 0.2) is 0 Å². The summed E-state index contributed by atoms with van der Waals surface area (Å²) in [4.78, 5) is 12.2. The van der Waals surface area contributed by atoms with Crippen LogP contribution < -0.4 is 10.1 Å². The van der Waals surface area contributed by atoms with Crippen molar-refractivity contribution in [3.8, 4) is 5.75 Å². The SMILES string of the molecule is CCCCOc1ccc(C(=O)Nc2cccc(C(F)(F)F)c2)cc1Br. The predicted molar refractivity (Wildman–Crippen MR) is 93.9 cm³/mol. The first-order chi connectivity index (χ1) is 11.8. The third kappa shape index (κ3) is 5.49. The molecule has 0 heterocycles. The number of ether oxygens (including phenoxy) is 1. The van der Waals surface area contributed by atoms with Crippen molar-refractivity contribution in [2.45, 2.75) is 25.9 Å². The average Bonchev–Trinajstić information content (AvgIpc) is 2.56. The number of carbonyl (C=O) groups is 1. The minimum absolute atomic E-state index is 0.0826. The standard InChI is InChI=1S/C18H17BrF3NO2/c1-2-3-9-25-16-8-7-12(10-15(16)19)17(24)23-14-6-4-5-13(11-14)18(20,21)22/h4-8,10-11H,2-3,9H2,1H3,(H,23,24). The van der Waals surface area contributed by atoms with Gasteiger partial charge in [0.1, 0.15) is 5.75 Å². The van der Waals surface area contributed by atoms with Crippen molar-refractivity contribution in [3.63, 3.8) is 0 Å². The molecule has 0 unspecified atom stereocenters. The molecule has 0 saturated carbocycles. The van der Waals surface area contributed by atoms with E-state index < -0.39 is 17.6 Å². The molecule has 0 aromatic heterocycles. The van der Waals surface area contributed by atoms with Gasteiger partial charge in [-0.25, -0.2) is 0 Å². The van der Waals surface area contributed by atoms with E-state index in [0.717, 1.165) is 25.0 Å². The van der Waals surface area contributed by atoms with Crippen LogP contribution in [0.2, 0.25) is 0 Å². The molecule has 25 heavy (non-hydrogen) atoms. The number of unbranched alkanes of at least 4 members (excludes halogenated alkanes) is 1. The van der Waals surface area contributed by atoms with Crippen LogP contribution in [0.15, 0.2) is 46.9 Å². The predicted octanol–water partition coefficient (Wildman–Crippen LogP) is 5.90. The summed E-state index contributed by atoms with van der Waals surface area (Å²) in [5, 5.41) is 2.47. The van der Waals surface area contributed by atoms with E-state index in [1.54, 1.807) is 18.2 Å². The Balaban J connectivity index is 2.10. The van der Waals surface area contributed by atoms with Gasteiger partial charge in [-0.05, 0) is 58.7 Å². The van der Waals surface area contributed by atoms with Gasteiger partial charge in [-0.2, -0.15) is 13.2 Å². The molecule has 0 aliphatic rings. The van der Waals surface area contributed by atoms with Crippen LogP contribution in [0.25, 0.3) is 0 Å². The smallest absolute Gasteiger partial charge is 0.416 e. The van der Waals surface area contributed by atoms with Gasteiger partial charge in [-0.15, -0.1) is 0 Å². The first-order valence-electron chi connectivity index (χ1n) is 7.72. The first kappa shape index (κ1) is 19.3. The number of halogens is 4. The highest BCUT2D eigenvalue weighted by molar-refractivity contribution is 9.10. The largest absolute Gasteiger partial charge is 0.492 e. The minimum Gasteiger partial charge on any atom is -0.492 e. The summed E-state index contributed by atoms with van der Waals surface area (Å²) in [6.07, 6.45) is -2.53. The number of rotatable bonds is 6. The van der Waals surface area contributed by atoms with Gasteiger partial charge in [0, 0.05) is 11.3 Å². The topological polar surface area (TPSA) is 38.3 Å². The van der Waals surface area contributed by atoms with Crippen LogP contribution >= 0.6 is 15.9 Å². The van der Waals surface area contributed by atoms with Crippen LogP contribution in [-0.2, 0) is 6.18 Å². The van der Waals surface area contributed by atoms with Crippen molar-refractivity contribution in [3.05, 3.63) is 58.1 Å². The zero-order valence-corrected chi connectivity index (χ0v) is 15.1. The summed E-state index contributed by atoms with van der Waals surface area (Å²) >= 11 is 3.34. The Kier molecular flexibility index (Phi) is 6.47. The van der Waals surface area contributed by atoms with E-state index >= 15 is 0 Å². The fraction of sp³-hybridized carbons (Fsp3) is 0.278. The van der Waals surface area contributed by atoms with Gasteiger partial charge in [0.25, 0.3) is 5.91 Å². The molecule has 7 heteroatoms. The van der Waals surface area contributed by atoms with Gasteiger partial charge in [-0.1, -0.05) is 19.4 Å². The lowest BCUT2D eigenvalue weighted by Crippen LogP contribution is -2.13. The molecule has 2 aromatic rings. The zero-order valence-electron chi connectivity index (χ0n) is 13.5. The molecule has 0 spiro atoms. The molecule has 1 amide bonds. The Bertz CT molecular complexity index is 747. The number of carbonyl (C=O) groups excluding carboxylic acids is 1. The fourth-order valence-corrected chi connectivity index (χ4v) is 2.56. The quantitative estimate of drug-likeness (QED) is 0.596. The minimum atomic E-state index is -4.46. The van der Waals surface area contributed by atoms with E-state index in [0.29, 0.717) is 22.4 Å². The molecule has 2 rings (SSSR count). The number of hydrogen-bond donors (Lipinski definition) is 1. The van der Waals surface area contributed by atoms with Gasteiger partial charge in [0.05, 0.1) is 16.6 Å². The van der Waals surface area contributed by atoms with Gasteiger partial charge in [0.2, 0.25) is 0 Å². The molecule has 0 fully saturated rings. The highest BCUT2D eigenvalue weighted by Gasteiger charge is 2.30. The molecule has 0 bridgehead atoms. The Morgan fingerprint density at radius 1 is 1.20 bits per heavy atom. The molecule has 0 radical (unpaired) electrons. The van der Waals surface area contributed by atoms with E-state index in [1.165, 1.54) is 12.1 Å². The van der Waals surface area contributed by atoms with Gasteiger partial charge in [-0.3, -0.25) is 4.79 Å². The Hall–Kier alpha value is -2.02. The van der Waals surface area contributed by atoms with Crippen LogP contribution in [0.3, 0.4) is 0 Å². The molecule has 0 aliphatic heterocycles. The van der Waals surface area contributed by atoms with Crippen molar-refractivity contribution >= 4 is 27.5 Å². The Labute approximate surface area is 152 Å². The second-order valence-corrected chi connectivity index (χ2v) is 6.23. The third-order valence-corrected chi connectivity index (χ3v) is 4.02. The third-order valence-electron chi connectivity index (χ3n) is 3.40. The van der Waals surface area contributed by atoms with E-state index in [2.05, 4.69) is 28.2 Å². The molecular weight excluding hydrogens is 399 g/mol. The maximum atomic E-state index is 12.7. The summed E-state index contributed by atoms with van der Waals surface area (Å²) in [7, 11) is 0. The number of hydrogen-bond acceptors (Lipinski definition) is 2. The van der Waals surface area contributed by atoms with E-state index in [-0.39, 0.29) is 5.69 Å².